The molecule has 0 aromatic carbocycles. The summed E-state index contributed by atoms with van der Waals surface area (Å²) in [6.07, 6.45) is 6.49. The van der Waals surface area contributed by atoms with Crippen molar-refractivity contribution in [1.82, 2.24) is 10.4 Å². The first-order valence-corrected chi connectivity index (χ1v) is 6.46. The number of hydrogen-bond acceptors (Lipinski definition) is 2. The SMILES string of the molecule is CCCCCCC1=C(C)C(C)=C(C)N(C)N1. The van der Waals surface area contributed by atoms with Crippen molar-refractivity contribution in [3.05, 3.63) is 22.5 Å². The molecule has 0 saturated carbocycles. The molecule has 0 fully saturated rings. The van der Waals surface area contributed by atoms with E-state index in [9.17, 15) is 0 Å². The molecule has 0 aromatic rings. The predicted molar refractivity (Wildman–Crippen MR) is 70.7 cm³/mol. The molecular weight excluding hydrogens is 196 g/mol. The van der Waals surface area contributed by atoms with E-state index in [-0.39, 0.29) is 0 Å². The maximum Gasteiger partial charge on any atom is 0.0348 e. The fraction of sp³-hybridized carbons (Fsp3) is 0.714. The number of hydrogen-bond donors (Lipinski definition) is 1. The standard InChI is InChI=1S/C14H26N2/c1-6-7-8-9-10-14-12(3)11(2)13(4)16(5)15-14/h15H,6-10H2,1-5H3. The molecule has 1 N–H and O–H groups in total. The zero-order chi connectivity index (χ0) is 12.1. The highest BCUT2D eigenvalue weighted by Crippen LogP contribution is 2.25. The van der Waals surface area contributed by atoms with Crippen molar-refractivity contribution in [3.63, 3.8) is 0 Å². The number of hydrazine groups is 1. The van der Waals surface area contributed by atoms with Crippen molar-refractivity contribution in [2.45, 2.75) is 59.8 Å². The molecule has 1 rings (SSSR count). The molecular formula is C14H26N2. The van der Waals surface area contributed by atoms with Crippen LogP contribution in [0, 0.1) is 0 Å². The Labute approximate surface area is 100 Å². The van der Waals surface area contributed by atoms with Crippen LogP contribution in [-0.2, 0) is 0 Å². The average molecular weight is 222 g/mol. The van der Waals surface area contributed by atoms with Gasteiger partial charge in [-0.25, -0.2) is 0 Å². The van der Waals surface area contributed by atoms with Gasteiger partial charge >= 0.3 is 0 Å². The van der Waals surface area contributed by atoms with Crippen molar-refractivity contribution in [3.8, 4) is 0 Å². The predicted octanol–water partition coefficient (Wildman–Crippen LogP) is 3.97. The Balaban J connectivity index is 2.59. The molecule has 0 aromatic heterocycles. The summed E-state index contributed by atoms with van der Waals surface area (Å²) >= 11 is 0. The number of allylic oxidation sites excluding steroid dienone is 4. The molecule has 92 valence electrons. The molecule has 0 bridgehead atoms. The highest BCUT2D eigenvalue weighted by Gasteiger charge is 2.15. The van der Waals surface area contributed by atoms with Gasteiger partial charge in [0.1, 0.15) is 0 Å². The Bertz CT molecular complexity index is 300. The summed E-state index contributed by atoms with van der Waals surface area (Å²) in [5, 5.41) is 2.14. The van der Waals surface area contributed by atoms with E-state index < -0.39 is 0 Å². The number of nitrogens with one attached hydrogen (secondary N) is 1. The number of unbranched alkanes of at least 4 members (excludes halogenated alkanes) is 3. The summed E-state index contributed by atoms with van der Waals surface area (Å²) in [4.78, 5) is 0. The van der Waals surface area contributed by atoms with Gasteiger partial charge in [-0.1, -0.05) is 26.2 Å². The molecule has 0 spiro atoms. The molecule has 1 aliphatic heterocycles. The molecule has 1 aliphatic rings. The van der Waals surface area contributed by atoms with Crippen molar-refractivity contribution in [1.29, 1.82) is 0 Å². The van der Waals surface area contributed by atoms with Gasteiger partial charge in [0.15, 0.2) is 0 Å². The van der Waals surface area contributed by atoms with E-state index >= 15 is 0 Å². The Morgan fingerprint density at radius 2 is 1.69 bits per heavy atom. The molecule has 0 radical (unpaired) electrons. The summed E-state index contributed by atoms with van der Waals surface area (Å²) in [6.45, 7) is 8.87. The zero-order valence-corrected chi connectivity index (χ0v) is 11.5. The Morgan fingerprint density at radius 3 is 2.31 bits per heavy atom. The summed E-state index contributed by atoms with van der Waals surface area (Å²) in [7, 11) is 2.09. The first-order valence-electron chi connectivity index (χ1n) is 6.46. The van der Waals surface area contributed by atoms with Gasteiger partial charge in [0.25, 0.3) is 0 Å². The van der Waals surface area contributed by atoms with Crippen molar-refractivity contribution in [2.75, 3.05) is 7.05 Å². The van der Waals surface area contributed by atoms with Crippen LogP contribution in [0.3, 0.4) is 0 Å². The molecule has 0 atom stereocenters. The van der Waals surface area contributed by atoms with Crippen LogP contribution in [0.25, 0.3) is 0 Å². The smallest absolute Gasteiger partial charge is 0.0348 e. The van der Waals surface area contributed by atoms with Crippen molar-refractivity contribution >= 4 is 0 Å². The van der Waals surface area contributed by atoms with Gasteiger partial charge in [0.05, 0.1) is 0 Å². The van der Waals surface area contributed by atoms with E-state index in [1.54, 1.807) is 0 Å². The maximum atomic E-state index is 3.48. The van der Waals surface area contributed by atoms with Gasteiger partial charge in [-0.3, -0.25) is 5.01 Å². The van der Waals surface area contributed by atoms with Gasteiger partial charge in [-0.2, -0.15) is 0 Å². The van der Waals surface area contributed by atoms with Crippen LogP contribution in [0.1, 0.15) is 59.8 Å². The van der Waals surface area contributed by atoms with E-state index in [4.69, 9.17) is 0 Å². The van der Waals surface area contributed by atoms with Crippen LogP contribution in [0.5, 0.6) is 0 Å². The van der Waals surface area contributed by atoms with Gasteiger partial charge < -0.3 is 5.43 Å². The third kappa shape index (κ3) is 3.03. The molecule has 2 heteroatoms. The minimum atomic E-state index is 1.18. The third-order valence-electron chi connectivity index (χ3n) is 3.64. The van der Waals surface area contributed by atoms with Crippen LogP contribution in [0.4, 0.5) is 0 Å². The minimum Gasteiger partial charge on any atom is -0.303 e. The Hall–Kier alpha value is -0.920. The lowest BCUT2D eigenvalue weighted by atomic mass is 10.00. The summed E-state index contributed by atoms with van der Waals surface area (Å²) < 4.78 is 0. The maximum absolute atomic E-state index is 3.48. The lowest BCUT2D eigenvalue weighted by Crippen LogP contribution is -2.36. The minimum absolute atomic E-state index is 1.18. The lowest BCUT2D eigenvalue weighted by molar-refractivity contribution is 0.316. The fourth-order valence-corrected chi connectivity index (χ4v) is 2.09. The Kier molecular flexibility index (Phi) is 4.91. The molecule has 2 nitrogen and oxygen atoms in total. The normalized spacial score (nSPS) is 16.9. The molecule has 0 saturated heterocycles. The van der Waals surface area contributed by atoms with Gasteiger partial charge in [0.2, 0.25) is 0 Å². The largest absolute Gasteiger partial charge is 0.303 e. The van der Waals surface area contributed by atoms with Crippen LogP contribution < -0.4 is 5.43 Å². The summed E-state index contributed by atoms with van der Waals surface area (Å²) in [5.41, 5.74) is 9.07. The van der Waals surface area contributed by atoms with Gasteiger partial charge in [-0.05, 0) is 44.8 Å². The van der Waals surface area contributed by atoms with Gasteiger partial charge in [-0.15, -0.1) is 0 Å². The van der Waals surface area contributed by atoms with Gasteiger partial charge in [0, 0.05) is 18.4 Å². The molecule has 0 unspecified atom stereocenters. The first-order chi connectivity index (χ1) is 7.57. The second-order valence-corrected chi connectivity index (χ2v) is 4.80. The lowest BCUT2D eigenvalue weighted by Gasteiger charge is -2.32. The highest BCUT2D eigenvalue weighted by atomic mass is 15.5. The van der Waals surface area contributed by atoms with Crippen LogP contribution in [0.15, 0.2) is 22.5 Å². The molecule has 1 heterocycles. The van der Waals surface area contributed by atoms with E-state index in [0.29, 0.717) is 0 Å². The molecule has 0 aliphatic carbocycles. The summed E-state index contributed by atoms with van der Waals surface area (Å²) in [5.74, 6) is 0. The van der Waals surface area contributed by atoms with E-state index in [1.165, 1.54) is 54.6 Å². The quantitative estimate of drug-likeness (QED) is 0.708. The summed E-state index contributed by atoms with van der Waals surface area (Å²) in [6, 6.07) is 0. The van der Waals surface area contributed by atoms with Crippen LogP contribution >= 0.6 is 0 Å². The second kappa shape index (κ2) is 5.97. The van der Waals surface area contributed by atoms with Crippen molar-refractivity contribution < 1.29 is 0 Å². The van der Waals surface area contributed by atoms with Crippen LogP contribution in [-0.4, -0.2) is 12.1 Å². The first kappa shape index (κ1) is 13.1. The number of rotatable bonds is 5. The average Bonchev–Trinajstić information content (AvgIpc) is 2.28. The molecule has 0 amide bonds. The second-order valence-electron chi connectivity index (χ2n) is 4.80. The van der Waals surface area contributed by atoms with E-state index in [1.807, 2.05) is 0 Å². The Morgan fingerprint density at radius 1 is 1.00 bits per heavy atom. The monoisotopic (exact) mass is 222 g/mol. The number of nitrogens with zero attached hydrogens (tertiary/aromatic N) is 1. The third-order valence-corrected chi connectivity index (χ3v) is 3.64. The van der Waals surface area contributed by atoms with E-state index in [0.717, 1.165) is 0 Å². The molecule has 16 heavy (non-hydrogen) atoms. The fourth-order valence-electron chi connectivity index (χ4n) is 2.09. The van der Waals surface area contributed by atoms with Crippen LogP contribution in [0.2, 0.25) is 0 Å². The zero-order valence-electron chi connectivity index (χ0n) is 11.5. The topological polar surface area (TPSA) is 15.3 Å². The highest BCUT2D eigenvalue weighted by molar-refractivity contribution is 5.37. The van der Waals surface area contributed by atoms with E-state index in [2.05, 4.69) is 45.2 Å². The van der Waals surface area contributed by atoms with Crippen molar-refractivity contribution in [2.24, 2.45) is 0 Å².